The molecule has 0 aliphatic rings. The first-order chi connectivity index (χ1) is 8.90. The van der Waals surface area contributed by atoms with Crippen LogP contribution >= 0.6 is 0 Å². The highest BCUT2D eigenvalue weighted by Crippen LogP contribution is 2.12. The molecule has 0 bridgehead atoms. The molecule has 0 fully saturated rings. The summed E-state index contributed by atoms with van der Waals surface area (Å²) < 4.78 is 0. The number of carboxylic acids is 1. The van der Waals surface area contributed by atoms with E-state index in [1.165, 1.54) is 4.90 Å². The highest BCUT2D eigenvalue weighted by atomic mass is 16.4. The van der Waals surface area contributed by atoms with Gasteiger partial charge in [-0.05, 0) is 26.2 Å². The van der Waals surface area contributed by atoms with E-state index in [0.29, 0.717) is 13.0 Å². The first kappa shape index (κ1) is 17.7. The zero-order valence-electron chi connectivity index (χ0n) is 12.8. The second-order valence-corrected chi connectivity index (χ2v) is 4.96. The second kappa shape index (κ2) is 8.77. The van der Waals surface area contributed by atoms with Crippen LogP contribution in [0.4, 0.5) is 4.79 Å². The molecule has 0 saturated carbocycles. The Morgan fingerprint density at radius 1 is 1.16 bits per heavy atom. The number of hydrogen-bond donors (Lipinski definition) is 1. The molecule has 0 aliphatic carbocycles. The molecule has 2 atom stereocenters. The summed E-state index contributed by atoms with van der Waals surface area (Å²) in [6.07, 6.45) is 3.24. The van der Waals surface area contributed by atoms with Crippen molar-refractivity contribution >= 4 is 12.0 Å². The molecule has 19 heavy (non-hydrogen) atoms. The molecule has 0 aromatic heterocycles. The van der Waals surface area contributed by atoms with Gasteiger partial charge in [-0.1, -0.05) is 27.2 Å². The van der Waals surface area contributed by atoms with Crippen LogP contribution in [0.15, 0.2) is 0 Å². The van der Waals surface area contributed by atoms with Crippen LogP contribution in [0, 0.1) is 0 Å². The molecule has 0 radical (unpaired) electrons. The van der Waals surface area contributed by atoms with Gasteiger partial charge in [0.25, 0.3) is 0 Å². The zero-order valence-corrected chi connectivity index (χ0v) is 12.8. The van der Waals surface area contributed by atoms with Crippen LogP contribution in [0.1, 0.15) is 53.4 Å². The standard InChI is InChI=1S/C14H28N2O3/c1-6-9-10-16(11(4)7-2)14(19)15(5)12(8-3)13(17)18/h11-12H,6-10H2,1-5H3,(H,17,18). The van der Waals surface area contributed by atoms with Gasteiger partial charge in [-0.25, -0.2) is 9.59 Å². The van der Waals surface area contributed by atoms with Gasteiger partial charge in [0.2, 0.25) is 0 Å². The van der Waals surface area contributed by atoms with Crippen LogP contribution in [-0.4, -0.2) is 52.6 Å². The molecule has 0 rings (SSSR count). The van der Waals surface area contributed by atoms with E-state index < -0.39 is 12.0 Å². The number of carbonyl (C=O) groups excluding carboxylic acids is 1. The minimum atomic E-state index is -0.946. The minimum absolute atomic E-state index is 0.132. The Labute approximate surface area is 116 Å². The molecule has 2 unspecified atom stereocenters. The number of aliphatic carboxylic acids is 1. The van der Waals surface area contributed by atoms with Crippen molar-refractivity contribution in [2.24, 2.45) is 0 Å². The number of nitrogens with zero attached hydrogens (tertiary/aromatic N) is 2. The van der Waals surface area contributed by atoms with Gasteiger partial charge in [-0.15, -0.1) is 0 Å². The third kappa shape index (κ3) is 5.09. The molecule has 0 saturated heterocycles. The normalized spacial score (nSPS) is 13.7. The molecule has 0 aliphatic heterocycles. The maximum absolute atomic E-state index is 12.4. The third-order valence-electron chi connectivity index (χ3n) is 3.56. The topological polar surface area (TPSA) is 60.9 Å². The first-order valence-electron chi connectivity index (χ1n) is 7.16. The largest absolute Gasteiger partial charge is 0.480 e. The lowest BCUT2D eigenvalue weighted by Gasteiger charge is -2.34. The predicted octanol–water partition coefficient (Wildman–Crippen LogP) is 2.80. The SMILES string of the molecule is CCCCN(C(=O)N(C)C(CC)C(=O)O)C(C)CC. The number of carbonyl (C=O) groups is 2. The molecule has 5 nitrogen and oxygen atoms in total. The summed E-state index contributed by atoms with van der Waals surface area (Å²) >= 11 is 0. The third-order valence-corrected chi connectivity index (χ3v) is 3.56. The lowest BCUT2D eigenvalue weighted by Crippen LogP contribution is -2.51. The number of hydrogen-bond acceptors (Lipinski definition) is 2. The first-order valence-corrected chi connectivity index (χ1v) is 7.16. The minimum Gasteiger partial charge on any atom is -0.480 e. The average molecular weight is 272 g/mol. The van der Waals surface area contributed by atoms with Gasteiger partial charge < -0.3 is 14.9 Å². The van der Waals surface area contributed by atoms with E-state index in [4.69, 9.17) is 5.11 Å². The summed E-state index contributed by atoms with van der Waals surface area (Å²) in [5.41, 5.74) is 0. The quantitative estimate of drug-likeness (QED) is 0.739. The van der Waals surface area contributed by atoms with Crippen LogP contribution in [0.3, 0.4) is 0 Å². The van der Waals surface area contributed by atoms with E-state index >= 15 is 0 Å². The van der Waals surface area contributed by atoms with Crippen molar-refractivity contribution < 1.29 is 14.7 Å². The van der Waals surface area contributed by atoms with Crippen molar-refractivity contribution in [3.05, 3.63) is 0 Å². The van der Waals surface area contributed by atoms with E-state index in [-0.39, 0.29) is 12.1 Å². The summed E-state index contributed by atoms with van der Waals surface area (Å²) in [7, 11) is 1.58. The van der Waals surface area contributed by atoms with Crippen molar-refractivity contribution in [2.75, 3.05) is 13.6 Å². The highest BCUT2D eigenvalue weighted by Gasteiger charge is 2.29. The van der Waals surface area contributed by atoms with Crippen LogP contribution in [0.2, 0.25) is 0 Å². The molecule has 0 heterocycles. The molecule has 0 aromatic carbocycles. The number of rotatable bonds is 8. The maximum Gasteiger partial charge on any atom is 0.326 e. The summed E-state index contributed by atoms with van der Waals surface area (Å²) in [5, 5.41) is 9.13. The van der Waals surface area contributed by atoms with Gasteiger partial charge in [-0.3, -0.25) is 0 Å². The predicted molar refractivity (Wildman–Crippen MR) is 76.2 cm³/mol. The molecule has 0 spiro atoms. The number of urea groups is 1. The fraction of sp³-hybridized carbons (Fsp3) is 0.857. The van der Waals surface area contributed by atoms with Gasteiger partial charge in [0.1, 0.15) is 6.04 Å². The molecular formula is C14H28N2O3. The number of likely N-dealkylation sites (N-methyl/N-ethyl adjacent to an activating group) is 1. The van der Waals surface area contributed by atoms with Gasteiger partial charge in [0, 0.05) is 19.6 Å². The van der Waals surface area contributed by atoms with Crippen LogP contribution in [-0.2, 0) is 4.79 Å². The lowest BCUT2D eigenvalue weighted by atomic mass is 10.2. The summed E-state index contributed by atoms with van der Waals surface area (Å²) in [4.78, 5) is 26.7. The van der Waals surface area contributed by atoms with Crippen LogP contribution in [0.5, 0.6) is 0 Å². The smallest absolute Gasteiger partial charge is 0.326 e. The van der Waals surface area contributed by atoms with Crippen molar-refractivity contribution in [3.8, 4) is 0 Å². The van der Waals surface area contributed by atoms with E-state index in [1.54, 1.807) is 18.9 Å². The van der Waals surface area contributed by atoms with E-state index in [2.05, 4.69) is 6.92 Å². The lowest BCUT2D eigenvalue weighted by molar-refractivity contribution is -0.142. The average Bonchev–Trinajstić information content (AvgIpc) is 2.38. The van der Waals surface area contributed by atoms with Crippen molar-refractivity contribution in [2.45, 2.75) is 65.5 Å². The van der Waals surface area contributed by atoms with Crippen molar-refractivity contribution in [1.82, 2.24) is 9.80 Å². The molecule has 0 aromatic rings. The summed E-state index contributed by atoms with van der Waals surface area (Å²) in [6, 6.07) is -0.800. The maximum atomic E-state index is 12.4. The fourth-order valence-corrected chi connectivity index (χ4v) is 2.00. The Morgan fingerprint density at radius 3 is 2.11 bits per heavy atom. The second-order valence-electron chi connectivity index (χ2n) is 4.96. The van der Waals surface area contributed by atoms with Gasteiger partial charge in [0.15, 0.2) is 0 Å². The number of carboxylic acid groups (broad SMARTS) is 1. The Bertz CT molecular complexity index is 294. The zero-order chi connectivity index (χ0) is 15.0. The van der Waals surface area contributed by atoms with Gasteiger partial charge >= 0.3 is 12.0 Å². The molecule has 2 amide bonds. The molecule has 112 valence electrons. The summed E-state index contributed by atoms with van der Waals surface area (Å²) in [6.45, 7) is 8.58. The van der Waals surface area contributed by atoms with Crippen LogP contribution in [0.25, 0.3) is 0 Å². The van der Waals surface area contributed by atoms with Gasteiger partial charge in [0.05, 0.1) is 0 Å². The Morgan fingerprint density at radius 2 is 1.74 bits per heavy atom. The Hall–Kier alpha value is -1.26. The highest BCUT2D eigenvalue weighted by molar-refractivity contribution is 5.82. The van der Waals surface area contributed by atoms with Crippen LogP contribution < -0.4 is 0 Å². The Balaban J connectivity index is 4.90. The van der Waals surface area contributed by atoms with Crippen molar-refractivity contribution in [3.63, 3.8) is 0 Å². The molecule has 1 N–H and O–H groups in total. The summed E-state index contributed by atoms with van der Waals surface area (Å²) in [5.74, 6) is -0.946. The van der Waals surface area contributed by atoms with Gasteiger partial charge in [-0.2, -0.15) is 0 Å². The molecular weight excluding hydrogens is 244 g/mol. The van der Waals surface area contributed by atoms with Crippen molar-refractivity contribution in [1.29, 1.82) is 0 Å². The van der Waals surface area contributed by atoms with E-state index in [1.807, 2.05) is 13.8 Å². The van der Waals surface area contributed by atoms with E-state index in [0.717, 1.165) is 19.3 Å². The number of unbranched alkanes of at least 4 members (excludes halogenated alkanes) is 1. The monoisotopic (exact) mass is 272 g/mol. The number of amides is 2. The van der Waals surface area contributed by atoms with E-state index in [9.17, 15) is 9.59 Å². The fourth-order valence-electron chi connectivity index (χ4n) is 2.00. The molecule has 5 heteroatoms. The Kier molecular flexibility index (Phi) is 8.19.